The van der Waals surface area contributed by atoms with Gasteiger partial charge in [-0.25, -0.2) is 14.4 Å². The Morgan fingerprint density at radius 3 is 2.54 bits per heavy atom. The molecule has 0 bridgehead atoms. The summed E-state index contributed by atoms with van der Waals surface area (Å²) in [4.78, 5) is 4.07. The van der Waals surface area contributed by atoms with Crippen LogP contribution in [0.15, 0.2) is 46.5 Å². The molecule has 148 valence electrons. The van der Waals surface area contributed by atoms with E-state index >= 15 is 0 Å². The van der Waals surface area contributed by atoms with Crippen molar-refractivity contribution in [3.05, 3.63) is 58.4 Å². The first kappa shape index (κ1) is 19.9. The van der Waals surface area contributed by atoms with E-state index in [0.29, 0.717) is 12.3 Å². The van der Waals surface area contributed by atoms with E-state index in [-0.39, 0.29) is 33.9 Å². The average molecular weight is 415 g/mol. The van der Waals surface area contributed by atoms with E-state index in [2.05, 4.69) is 10.1 Å². The van der Waals surface area contributed by atoms with Crippen LogP contribution in [0.2, 0.25) is 5.02 Å². The number of phenolic OH excluding ortho intramolecular Hbond substituents is 1. The summed E-state index contributed by atoms with van der Waals surface area (Å²) < 4.78 is 51.5. The van der Waals surface area contributed by atoms with Gasteiger partial charge in [0.05, 0.1) is 28.5 Å². The molecule has 0 saturated heterocycles. The SMILES string of the molecule is CC1CN(C(N)=Nc2ccc(C(F)(F)F)cc2)N=C1c1cc(F)cc(Cl)c1O. The Hall–Kier alpha value is -2.81. The van der Waals surface area contributed by atoms with Gasteiger partial charge in [0.1, 0.15) is 11.6 Å². The van der Waals surface area contributed by atoms with E-state index in [1.165, 1.54) is 17.1 Å². The molecule has 28 heavy (non-hydrogen) atoms. The number of rotatable bonds is 2. The van der Waals surface area contributed by atoms with Gasteiger partial charge in [-0.3, -0.25) is 0 Å². The van der Waals surface area contributed by atoms with Gasteiger partial charge in [0.25, 0.3) is 0 Å². The van der Waals surface area contributed by atoms with Gasteiger partial charge in [0.2, 0.25) is 5.96 Å². The molecule has 0 saturated carbocycles. The Morgan fingerprint density at radius 1 is 1.29 bits per heavy atom. The quantitative estimate of drug-likeness (QED) is 0.431. The smallest absolute Gasteiger partial charge is 0.416 e. The van der Waals surface area contributed by atoms with Crippen molar-refractivity contribution in [2.45, 2.75) is 13.1 Å². The van der Waals surface area contributed by atoms with Crippen molar-refractivity contribution in [2.24, 2.45) is 21.7 Å². The number of aromatic hydroxyl groups is 1. The van der Waals surface area contributed by atoms with Gasteiger partial charge in [-0.2, -0.15) is 18.3 Å². The number of hydrogen-bond acceptors (Lipinski definition) is 3. The maximum Gasteiger partial charge on any atom is 0.416 e. The van der Waals surface area contributed by atoms with Crippen LogP contribution in [0.5, 0.6) is 5.75 Å². The summed E-state index contributed by atoms with van der Waals surface area (Å²) in [5.74, 6) is -1.21. The largest absolute Gasteiger partial charge is 0.506 e. The third-order valence-corrected chi connectivity index (χ3v) is 4.44. The van der Waals surface area contributed by atoms with Gasteiger partial charge in [-0.1, -0.05) is 18.5 Å². The normalized spacial score (nSPS) is 17.8. The zero-order chi connectivity index (χ0) is 20.6. The molecule has 0 aliphatic carbocycles. The summed E-state index contributed by atoms with van der Waals surface area (Å²) in [5.41, 5.74) is 5.85. The first-order valence-electron chi connectivity index (χ1n) is 8.12. The number of aliphatic imine (C=N–C) groups is 1. The second-order valence-electron chi connectivity index (χ2n) is 6.27. The second kappa shape index (κ2) is 7.31. The van der Waals surface area contributed by atoms with Crippen LogP contribution in [0.25, 0.3) is 0 Å². The number of halogens is 5. The molecule has 0 spiro atoms. The number of guanidine groups is 1. The van der Waals surface area contributed by atoms with Crippen molar-refractivity contribution < 1.29 is 22.7 Å². The lowest BCUT2D eigenvalue weighted by Gasteiger charge is -2.13. The number of phenols is 1. The zero-order valence-electron chi connectivity index (χ0n) is 14.5. The van der Waals surface area contributed by atoms with Crippen molar-refractivity contribution in [1.29, 1.82) is 0 Å². The van der Waals surface area contributed by atoms with Crippen molar-refractivity contribution in [2.75, 3.05) is 6.54 Å². The molecule has 3 N–H and O–H groups in total. The number of nitrogens with two attached hydrogens (primary N) is 1. The molecular weight excluding hydrogens is 400 g/mol. The van der Waals surface area contributed by atoms with Crippen LogP contribution in [-0.2, 0) is 6.18 Å². The fourth-order valence-electron chi connectivity index (χ4n) is 2.76. The van der Waals surface area contributed by atoms with Crippen LogP contribution < -0.4 is 5.73 Å². The summed E-state index contributed by atoms with van der Waals surface area (Å²) >= 11 is 5.81. The highest BCUT2D eigenvalue weighted by Crippen LogP contribution is 2.33. The van der Waals surface area contributed by atoms with Crippen LogP contribution in [-0.4, -0.2) is 28.3 Å². The molecule has 2 aromatic rings. The second-order valence-corrected chi connectivity index (χ2v) is 6.67. The molecule has 2 aromatic carbocycles. The van der Waals surface area contributed by atoms with Crippen molar-refractivity contribution in [1.82, 2.24) is 5.01 Å². The number of benzene rings is 2. The van der Waals surface area contributed by atoms with Crippen LogP contribution >= 0.6 is 11.6 Å². The first-order valence-corrected chi connectivity index (χ1v) is 8.50. The highest BCUT2D eigenvalue weighted by Gasteiger charge is 2.30. The number of hydrazone groups is 1. The molecular formula is C18H15ClF4N4O. The van der Waals surface area contributed by atoms with Crippen LogP contribution in [0.4, 0.5) is 23.2 Å². The Labute approximate surface area is 162 Å². The highest BCUT2D eigenvalue weighted by molar-refractivity contribution is 6.32. The lowest BCUT2D eigenvalue weighted by atomic mass is 9.98. The third kappa shape index (κ3) is 4.04. The predicted molar refractivity (Wildman–Crippen MR) is 98.2 cm³/mol. The fourth-order valence-corrected chi connectivity index (χ4v) is 2.96. The molecule has 0 amide bonds. The van der Waals surface area contributed by atoms with Crippen LogP contribution in [0.1, 0.15) is 18.1 Å². The minimum absolute atomic E-state index is 0.0522. The predicted octanol–water partition coefficient (Wildman–Crippen LogP) is 4.51. The van der Waals surface area contributed by atoms with E-state index in [1.807, 2.05) is 0 Å². The minimum Gasteiger partial charge on any atom is -0.506 e. The monoisotopic (exact) mass is 414 g/mol. The van der Waals surface area contributed by atoms with Crippen LogP contribution in [0.3, 0.4) is 0 Å². The Bertz CT molecular complexity index is 957. The first-order chi connectivity index (χ1) is 13.1. The Kier molecular flexibility index (Phi) is 5.20. The van der Waals surface area contributed by atoms with E-state index in [0.717, 1.165) is 24.3 Å². The molecule has 1 aliphatic rings. The van der Waals surface area contributed by atoms with Gasteiger partial charge < -0.3 is 10.8 Å². The van der Waals surface area contributed by atoms with Gasteiger partial charge >= 0.3 is 6.18 Å². The molecule has 3 rings (SSSR count). The Balaban J connectivity index is 1.88. The zero-order valence-corrected chi connectivity index (χ0v) is 15.3. The molecule has 1 heterocycles. The summed E-state index contributed by atoms with van der Waals surface area (Å²) in [6, 6.07) is 6.29. The molecule has 0 aromatic heterocycles. The van der Waals surface area contributed by atoms with Crippen molar-refractivity contribution in [3.8, 4) is 5.75 Å². The van der Waals surface area contributed by atoms with E-state index in [9.17, 15) is 22.7 Å². The van der Waals surface area contributed by atoms with Crippen LogP contribution in [0, 0.1) is 11.7 Å². The Morgan fingerprint density at radius 2 is 1.93 bits per heavy atom. The number of nitrogens with zero attached hydrogens (tertiary/aromatic N) is 3. The molecule has 0 fully saturated rings. The lowest BCUT2D eigenvalue weighted by molar-refractivity contribution is -0.137. The summed E-state index contributed by atoms with van der Waals surface area (Å²) in [7, 11) is 0. The molecule has 0 radical (unpaired) electrons. The fraction of sp³-hybridized carbons (Fsp3) is 0.222. The van der Waals surface area contributed by atoms with Gasteiger partial charge in [-0.15, -0.1) is 0 Å². The molecule has 5 nitrogen and oxygen atoms in total. The van der Waals surface area contributed by atoms with Gasteiger partial charge in [-0.05, 0) is 36.4 Å². The molecule has 1 unspecified atom stereocenters. The average Bonchev–Trinajstić information content (AvgIpc) is 2.99. The maximum atomic E-state index is 13.7. The standard InChI is InChI=1S/C18H15ClF4N4O/c1-9-8-27(26-15(9)13-6-11(20)7-14(19)16(13)28)17(24)25-12-4-2-10(3-5-12)18(21,22)23/h2-7,9,28H,8H2,1H3,(H2,24,25). The maximum absolute atomic E-state index is 13.7. The van der Waals surface area contributed by atoms with Gasteiger partial charge in [0.15, 0.2) is 0 Å². The highest BCUT2D eigenvalue weighted by atomic mass is 35.5. The van der Waals surface area contributed by atoms with Crippen molar-refractivity contribution >= 4 is 29.0 Å². The summed E-state index contributed by atoms with van der Waals surface area (Å²) in [5, 5.41) is 15.6. The van der Waals surface area contributed by atoms with Gasteiger partial charge in [0, 0.05) is 11.5 Å². The molecule has 1 atom stereocenters. The van der Waals surface area contributed by atoms with E-state index < -0.39 is 17.6 Å². The van der Waals surface area contributed by atoms with Crippen molar-refractivity contribution in [3.63, 3.8) is 0 Å². The number of alkyl halides is 3. The topological polar surface area (TPSA) is 74.2 Å². The third-order valence-electron chi connectivity index (χ3n) is 4.15. The molecule has 10 heteroatoms. The lowest BCUT2D eigenvalue weighted by Crippen LogP contribution is -2.32. The molecule has 1 aliphatic heterocycles. The summed E-state index contributed by atoms with van der Waals surface area (Å²) in [6.45, 7) is 2.08. The minimum atomic E-state index is -4.44. The summed E-state index contributed by atoms with van der Waals surface area (Å²) in [6.07, 6.45) is -4.44. The van der Waals surface area contributed by atoms with E-state index in [4.69, 9.17) is 17.3 Å². The van der Waals surface area contributed by atoms with E-state index in [1.54, 1.807) is 6.92 Å². The number of hydrogen-bond donors (Lipinski definition) is 2.